The number of halogens is 2. The van der Waals surface area contributed by atoms with Crippen molar-refractivity contribution in [3.63, 3.8) is 0 Å². The van der Waals surface area contributed by atoms with Crippen LogP contribution in [0.2, 0.25) is 0 Å². The fraction of sp³-hybridized carbons (Fsp3) is 0.211. The van der Waals surface area contributed by atoms with E-state index in [1.807, 2.05) is 0 Å². The van der Waals surface area contributed by atoms with Crippen molar-refractivity contribution in [1.29, 1.82) is 5.41 Å². The fourth-order valence-electron chi connectivity index (χ4n) is 3.01. The molecule has 0 aliphatic carbocycles. The van der Waals surface area contributed by atoms with E-state index in [0.717, 1.165) is 44.9 Å². The predicted molar refractivity (Wildman–Crippen MR) is 114 cm³/mol. The molecule has 1 atom stereocenters. The van der Waals surface area contributed by atoms with Crippen LogP contribution in [0.3, 0.4) is 0 Å². The number of thiazole rings is 1. The Morgan fingerprint density at radius 3 is 2.52 bits per heavy atom. The molecule has 0 saturated heterocycles. The van der Waals surface area contributed by atoms with E-state index in [-0.39, 0.29) is 34.2 Å². The number of anilines is 2. The second-order valence-electron chi connectivity index (χ2n) is 6.73. The first-order valence-electron chi connectivity index (χ1n) is 8.90. The van der Waals surface area contributed by atoms with Gasteiger partial charge >= 0.3 is 5.69 Å². The van der Waals surface area contributed by atoms with Gasteiger partial charge in [0.25, 0.3) is 5.56 Å². The number of aromatic nitrogens is 3. The lowest BCUT2D eigenvalue weighted by molar-refractivity contribution is -0.116. The summed E-state index contributed by atoms with van der Waals surface area (Å²) in [5, 5.41) is 11.9. The molecule has 2 heterocycles. The third-order valence-corrected chi connectivity index (χ3v) is 5.39. The number of nitrogens with two attached hydrogens (primary N) is 1. The van der Waals surface area contributed by atoms with Crippen molar-refractivity contribution < 1.29 is 13.6 Å². The van der Waals surface area contributed by atoms with E-state index in [2.05, 4.69) is 10.3 Å². The van der Waals surface area contributed by atoms with E-state index in [1.165, 1.54) is 19.5 Å². The Morgan fingerprint density at radius 2 is 1.90 bits per heavy atom. The van der Waals surface area contributed by atoms with Crippen molar-refractivity contribution >= 4 is 34.4 Å². The summed E-state index contributed by atoms with van der Waals surface area (Å²) >= 11 is 1.05. The van der Waals surface area contributed by atoms with Crippen molar-refractivity contribution in [1.82, 2.24) is 14.1 Å². The molecule has 2 aromatic heterocycles. The normalized spacial score (nSPS) is 11.9. The van der Waals surface area contributed by atoms with Gasteiger partial charge in [0.1, 0.15) is 17.5 Å². The number of carbonyl (C=O) groups excluding carboxylic acids is 1. The molecule has 0 fully saturated rings. The number of nitrogen functional groups attached to an aromatic ring is 1. The van der Waals surface area contributed by atoms with E-state index in [1.54, 1.807) is 0 Å². The van der Waals surface area contributed by atoms with Gasteiger partial charge in [-0.2, -0.15) is 0 Å². The number of hydrogen-bond donors (Lipinski definition) is 3. The standard InChI is InChI=1S/C19H18F2N6O3S/c1-26-16(23)15(17(29)27(2)19(26)30)10(7-22)5-14(28)25-18-24-13(8-31-18)9-3-11(20)6-12(21)4-9/h3-4,6-8,10,22H,5,23H2,1-2H3,(H,24,25,28). The lowest BCUT2D eigenvalue weighted by atomic mass is 9.98. The molecule has 0 bridgehead atoms. The first kappa shape index (κ1) is 22.0. The average molecular weight is 448 g/mol. The zero-order valence-corrected chi connectivity index (χ0v) is 17.3. The molecule has 3 rings (SSSR count). The largest absolute Gasteiger partial charge is 0.385 e. The van der Waals surface area contributed by atoms with Gasteiger partial charge in [-0.05, 0) is 12.1 Å². The summed E-state index contributed by atoms with van der Waals surface area (Å²) in [7, 11) is 2.66. The number of hydrogen-bond acceptors (Lipinski definition) is 7. The van der Waals surface area contributed by atoms with Gasteiger partial charge in [-0.15, -0.1) is 11.3 Å². The molecule has 1 aromatic carbocycles. The van der Waals surface area contributed by atoms with Gasteiger partial charge in [0.15, 0.2) is 5.13 Å². The lowest BCUT2D eigenvalue weighted by Gasteiger charge is -2.16. The molecule has 31 heavy (non-hydrogen) atoms. The second kappa shape index (κ2) is 8.60. The van der Waals surface area contributed by atoms with Gasteiger partial charge in [-0.1, -0.05) is 0 Å². The minimum atomic E-state index is -0.970. The Labute approximate surface area is 178 Å². The number of nitrogens with zero attached hydrogens (tertiary/aromatic N) is 3. The van der Waals surface area contributed by atoms with Crippen molar-refractivity contribution in [2.75, 3.05) is 11.1 Å². The van der Waals surface area contributed by atoms with E-state index >= 15 is 0 Å². The third kappa shape index (κ3) is 4.43. The maximum absolute atomic E-state index is 13.4. The van der Waals surface area contributed by atoms with Crippen LogP contribution in [-0.2, 0) is 18.9 Å². The summed E-state index contributed by atoms with van der Waals surface area (Å²) in [4.78, 5) is 41.1. The first-order valence-corrected chi connectivity index (χ1v) is 9.78. The molecule has 162 valence electrons. The molecular weight excluding hydrogens is 430 g/mol. The van der Waals surface area contributed by atoms with Crippen LogP contribution in [0.5, 0.6) is 0 Å². The molecular formula is C19H18F2N6O3S. The Balaban J connectivity index is 1.81. The van der Waals surface area contributed by atoms with Crippen LogP contribution in [0.25, 0.3) is 11.3 Å². The molecule has 0 saturated carbocycles. The average Bonchev–Trinajstić information content (AvgIpc) is 3.17. The number of rotatable bonds is 6. The summed E-state index contributed by atoms with van der Waals surface area (Å²) in [5.41, 5.74) is 5.04. The number of amides is 1. The summed E-state index contributed by atoms with van der Waals surface area (Å²) < 4.78 is 28.7. The molecule has 12 heteroatoms. The molecule has 1 amide bonds. The highest BCUT2D eigenvalue weighted by Gasteiger charge is 2.24. The smallest absolute Gasteiger partial charge is 0.332 e. The SMILES string of the molecule is Cn1c(N)c(C(C=N)CC(=O)Nc2nc(-c3cc(F)cc(F)c3)cs2)c(=O)n(C)c1=O. The quantitative estimate of drug-likeness (QED) is 0.494. The molecule has 0 aliphatic rings. The summed E-state index contributed by atoms with van der Waals surface area (Å²) in [6, 6.07) is 2.98. The zero-order chi connectivity index (χ0) is 22.9. The highest BCUT2D eigenvalue weighted by atomic mass is 32.1. The van der Waals surface area contributed by atoms with E-state index < -0.39 is 34.7 Å². The molecule has 9 nitrogen and oxygen atoms in total. The van der Waals surface area contributed by atoms with Crippen LogP contribution < -0.4 is 22.3 Å². The van der Waals surface area contributed by atoms with Crippen molar-refractivity contribution in [2.24, 2.45) is 14.1 Å². The van der Waals surface area contributed by atoms with E-state index in [0.29, 0.717) is 0 Å². The molecule has 4 N–H and O–H groups in total. The summed E-state index contributed by atoms with van der Waals surface area (Å²) in [5.74, 6) is -3.16. The Bertz CT molecular complexity index is 1280. The topological polar surface area (TPSA) is 136 Å². The molecule has 0 radical (unpaired) electrons. The number of carbonyl (C=O) groups is 1. The summed E-state index contributed by atoms with van der Waals surface area (Å²) in [6.07, 6.45) is 0.602. The maximum atomic E-state index is 13.4. The lowest BCUT2D eigenvalue weighted by Crippen LogP contribution is -2.41. The van der Waals surface area contributed by atoms with E-state index in [9.17, 15) is 23.2 Å². The molecule has 3 aromatic rings. The van der Waals surface area contributed by atoms with Crippen molar-refractivity contribution in [3.05, 3.63) is 61.6 Å². The zero-order valence-electron chi connectivity index (χ0n) is 16.5. The van der Waals surface area contributed by atoms with Gasteiger partial charge in [-0.3, -0.25) is 18.7 Å². The minimum Gasteiger partial charge on any atom is -0.385 e. The van der Waals surface area contributed by atoms with Gasteiger partial charge in [-0.25, -0.2) is 18.6 Å². The van der Waals surface area contributed by atoms with Crippen molar-refractivity contribution in [3.8, 4) is 11.3 Å². The van der Waals surface area contributed by atoms with Gasteiger partial charge in [0, 0.05) is 49.7 Å². The van der Waals surface area contributed by atoms with Crippen LogP contribution >= 0.6 is 11.3 Å². The predicted octanol–water partition coefficient (Wildman–Crippen LogP) is 1.83. The number of nitrogens with one attached hydrogen (secondary N) is 2. The summed E-state index contributed by atoms with van der Waals surface area (Å²) in [6.45, 7) is 0. The van der Waals surface area contributed by atoms with Crippen LogP contribution in [0, 0.1) is 17.0 Å². The highest BCUT2D eigenvalue weighted by molar-refractivity contribution is 7.14. The van der Waals surface area contributed by atoms with Gasteiger partial charge in [0.2, 0.25) is 5.91 Å². The molecule has 1 unspecified atom stereocenters. The minimum absolute atomic E-state index is 0.0372. The highest BCUT2D eigenvalue weighted by Crippen LogP contribution is 2.27. The number of benzene rings is 1. The Morgan fingerprint density at radius 1 is 1.26 bits per heavy atom. The van der Waals surface area contributed by atoms with Crippen LogP contribution in [0.1, 0.15) is 17.9 Å². The van der Waals surface area contributed by atoms with Crippen LogP contribution in [0.15, 0.2) is 33.2 Å². The van der Waals surface area contributed by atoms with Crippen LogP contribution in [-0.4, -0.2) is 26.2 Å². The monoisotopic (exact) mass is 448 g/mol. The fourth-order valence-corrected chi connectivity index (χ4v) is 3.75. The Hall–Kier alpha value is -3.67. The second-order valence-corrected chi connectivity index (χ2v) is 7.58. The maximum Gasteiger partial charge on any atom is 0.332 e. The van der Waals surface area contributed by atoms with E-state index in [4.69, 9.17) is 11.1 Å². The Kier molecular flexibility index (Phi) is 6.11. The van der Waals surface area contributed by atoms with Crippen molar-refractivity contribution in [2.45, 2.75) is 12.3 Å². The van der Waals surface area contributed by atoms with Crippen LogP contribution in [0.4, 0.5) is 19.7 Å². The van der Waals surface area contributed by atoms with Gasteiger partial charge < -0.3 is 16.5 Å². The van der Waals surface area contributed by atoms with Gasteiger partial charge in [0.05, 0.1) is 11.3 Å². The molecule has 0 aliphatic heterocycles. The first-order chi connectivity index (χ1) is 14.6. The molecule has 0 spiro atoms. The third-order valence-electron chi connectivity index (χ3n) is 4.63.